The number of anilines is 1. The van der Waals surface area contributed by atoms with E-state index in [1.807, 2.05) is 42.9 Å². The number of benzene rings is 2. The third-order valence-electron chi connectivity index (χ3n) is 4.87. The van der Waals surface area contributed by atoms with E-state index in [0.29, 0.717) is 6.54 Å². The standard InChI is InChI=1S/C22H21ClN4/c1-15-11-20-22(21(16(15)2)25-12-19-5-3-4-10-24-19)26-14-27(20)13-17-6-8-18(23)9-7-17/h3-11,14,25H,12-13H2,1-2H3. The summed E-state index contributed by atoms with van der Waals surface area (Å²) in [5, 5.41) is 4.29. The lowest BCUT2D eigenvalue weighted by atomic mass is 10.1. The molecule has 0 fully saturated rings. The Kier molecular flexibility index (Phi) is 4.82. The van der Waals surface area contributed by atoms with E-state index >= 15 is 0 Å². The summed E-state index contributed by atoms with van der Waals surface area (Å²) in [5.41, 5.74) is 7.84. The minimum atomic E-state index is 0.671. The summed E-state index contributed by atoms with van der Waals surface area (Å²) in [7, 11) is 0. The van der Waals surface area contributed by atoms with Crippen LogP contribution < -0.4 is 5.32 Å². The van der Waals surface area contributed by atoms with Gasteiger partial charge in [-0.05, 0) is 60.9 Å². The van der Waals surface area contributed by atoms with Crippen LogP contribution in [0.5, 0.6) is 0 Å². The van der Waals surface area contributed by atoms with Crippen LogP contribution in [0.4, 0.5) is 5.69 Å². The average Bonchev–Trinajstić information content (AvgIpc) is 3.07. The van der Waals surface area contributed by atoms with E-state index in [1.165, 1.54) is 16.7 Å². The Morgan fingerprint density at radius 3 is 2.59 bits per heavy atom. The van der Waals surface area contributed by atoms with Crippen molar-refractivity contribution in [2.24, 2.45) is 0 Å². The molecule has 0 amide bonds. The molecule has 1 N–H and O–H groups in total. The summed E-state index contributed by atoms with van der Waals surface area (Å²) in [4.78, 5) is 9.10. The molecule has 0 saturated heterocycles. The minimum Gasteiger partial charge on any atom is -0.377 e. The first-order chi connectivity index (χ1) is 13.1. The Hall–Kier alpha value is -2.85. The molecule has 0 spiro atoms. The van der Waals surface area contributed by atoms with Gasteiger partial charge in [-0.2, -0.15) is 0 Å². The van der Waals surface area contributed by atoms with Crippen molar-refractivity contribution in [1.29, 1.82) is 0 Å². The van der Waals surface area contributed by atoms with Gasteiger partial charge in [-0.1, -0.05) is 29.8 Å². The number of aryl methyl sites for hydroxylation is 1. The van der Waals surface area contributed by atoms with Gasteiger partial charge in [-0.3, -0.25) is 4.98 Å². The van der Waals surface area contributed by atoms with Crippen LogP contribution >= 0.6 is 11.6 Å². The number of nitrogens with one attached hydrogen (secondary N) is 1. The van der Waals surface area contributed by atoms with E-state index in [1.54, 1.807) is 0 Å². The number of rotatable bonds is 5. The molecule has 2 heterocycles. The number of hydrogen-bond donors (Lipinski definition) is 1. The molecule has 0 atom stereocenters. The van der Waals surface area contributed by atoms with Gasteiger partial charge in [-0.25, -0.2) is 4.98 Å². The summed E-state index contributed by atoms with van der Waals surface area (Å²) >= 11 is 6.00. The van der Waals surface area contributed by atoms with Crippen LogP contribution in [-0.2, 0) is 13.1 Å². The van der Waals surface area contributed by atoms with Gasteiger partial charge in [0.25, 0.3) is 0 Å². The van der Waals surface area contributed by atoms with E-state index in [9.17, 15) is 0 Å². The van der Waals surface area contributed by atoms with Gasteiger partial charge in [0.15, 0.2) is 0 Å². The monoisotopic (exact) mass is 376 g/mol. The third kappa shape index (κ3) is 3.67. The topological polar surface area (TPSA) is 42.7 Å². The maximum absolute atomic E-state index is 6.00. The molecule has 0 aliphatic carbocycles. The van der Waals surface area contributed by atoms with Gasteiger partial charge < -0.3 is 9.88 Å². The van der Waals surface area contributed by atoms with Crippen molar-refractivity contribution in [2.75, 3.05) is 5.32 Å². The first-order valence-corrected chi connectivity index (χ1v) is 9.33. The van der Waals surface area contributed by atoms with Crippen LogP contribution in [0.1, 0.15) is 22.4 Å². The highest BCUT2D eigenvalue weighted by atomic mass is 35.5. The molecule has 4 aromatic rings. The molecule has 2 aromatic heterocycles. The van der Waals surface area contributed by atoms with Crippen LogP contribution in [-0.4, -0.2) is 14.5 Å². The van der Waals surface area contributed by atoms with Gasteiger partial charge in [0.05, 0.1) is 29.8 Å². The Morgan fingerprint density at radius 2 is 1.85 bits per heavy atom. The first kappa shape index (κ1) is 17.6. The van der Waals surface area contributed by atoms with Crippen LogP contribution in [0.3, 0.4) is 0 Å². The second kappa shape index (κ2) is 7.41. The number of aromatic nitrogens is 3. The van der Waals surface area contributed by atoms with Gasteiger partial charge in [0.1, 0.15) is 5.52 Å². The summed E-state index contributed by atoms with van der Waals surface area (Å²) in [5.74, 6) is 0. The Bertz CT molecular complexity index is 1070. The summed E-state index contributed by atoms with van der Waals surface area (Å²) in [6.07, 6.45) is 3.72. The second-order valence-corrected chi connectivity index (χ2v) is 7.17. The van der Waals surface area contributed by atoms with Crippen LogP contribution in [0.15, 0.2) is 61.1 Å². The second-order valence-electron chi connectivity index (χ2n) is 6.73. The van der Waals surface area contributed by atoms with E-state index < -0.39 is 0 Å². The predicted molar refractivity (Wildman–Crippen MR) is 111 cm³/mol. The van der Waals surface area contributed by atoms with Crippen molar-refractivity contribution < 1.29 is 0 Å². The van der Waals surface area contributed by atoms with Crippen molar-refractivity contribution in [2.45, 2.75) is 26.9 Å². The van der Waals surface area contributed by atoms with E-state index in [-0.39, 0.29) is 0 Å². The zero-order chi connectivity index (χ0) is 18.8. The molecule has 27 heavy (non-hydrogen) atoms. The van der Waals surface area contributed by atoms with Gasteiger partial charge >= 0.3 is 0 Å². The molecule has 5 heteroatoms. The largest absolute Gasteiger partial charge is 0.377 e. The minimum absolute atomic E-state index is 0.671. The van der Waals surface area contributed by atoms with Crippen LogP contribution in [0.25, 0.3) is 11.0 Å². The zero-order valence-corrected chi connectivity index (χ0v) is 16.2. The fourth-order valence-corrected chi connectivity index (χ4v) is 3.36. The number of fused-ring (bicyclic) bond motifs is 1. The number of pyridine rings is 1. The Morgan fingerprint density at radius 1 is 1.04 bits per heavy atom. The highest BCUT2D eigenvalue weighted by Crippen LogP contribution is 2.30. The molecule has 0 saturated carbocycles. The summed E-state index contributed by atoms with van der Waals surface area (Å²) in [6, 6.07) is 16.1. The van der Waals surface area contributed by atoms with E-state index in [4.69, 9.17) is 16.6 Å². The quantitative estimate of drug-likeness (QED) is 0.509. The molecular weight excluding hydrogens is 356 g/mol. The molecule has 4 nitrogen and oxygen atoms in total. The fraction of sp³-hybridized carbons (Fsp3) is 0.182. The lowest BCUT2D eigenvalue weighted by Gasteiger charge is -2.14. The SMILES string of the molecule is Cc1cc2c(ncn2Cc2ccc(Cl)cc2)c(NCc2ccccn2)c1C. The summed E-state index contributed by atoms with van der Waals surface area (Å²) in [6.45, 7) is 5.70. The molecule has 0 bridgehead atoms. The number of hydrogen-bond acceptors (Lipinski definition) is 3. The third-order valence-corrected chi connectivity index (χ3v) is 5.13. The van der Waals surface area contributed by atoms with E-state index in [2.05, 4.69) is 46.9 Å². The smallest absolute Gasteiger partial charge is 0.112 e. The molecule has 0 aliphatic rings. The van der Waals surface area contributed by atoms with Gasteiger partial charge in [0.2, 0.25) is 0 Å². The van der Waals surface area contributed by atoms with Crippen molar-refractivity contribution in [1.82, 2.24) is 14.5 Å². The van der Waals surface area contributed by atoms with Gasteiger partial charge in [-0.15, -0.1) is 0 Å². The molecule has 136 valence electrons. The van der Waals surface area contributed by atoms with Gasteiger partial charge in [0, 0.05) is 17.8 Å². The average molecular weight is 377 g/mol. The normalized spacial score (nSPS) is 11.1. The van der Waals surface area contributed by atoms with Crippen molar-refractivity contribution in [3.8, 4) is 0 Å². The van der Waals surface area contributed by atoms with Crippen molar-refractivity contribution in [3.63, 3.8) is 0 Å². The molecule has 0 aliphatic heterocycles. The van der Waals surface area contributed by atoms with E-state index in [0.717, 1.165) is 34.0 Å². The predicted octanol–water partition coefficient (Wildman–Crippen LogP) is 5.36. The lowest BCUT2D eigenvalue weighted by molar-refractivity contribution is 0.824. The highest BCUT2D eigenvalue weighted by Gasteiger charge is 2.13. The maximum Gasteiger partial charge on any atom is 0.112 e. The molecule has 4 rings (SSSR count). The maximum atomic E-state index is 6.00. The first-order valence-electron chi connectivity index (χ1n) is 8.95. The molecule has 0 radical (unpaired) electrons. The Balaban J connectivity index is 1.68. The number of nitrogens with zero attached hydrogens (tertiary/aromatic N) is 3. The number of halogens is 1. The van der Waals surface area contributed by atoms with Crippen LogP contribution in [0.2, 0.25) is 5.02 Å². The van der Waals surface area contributed by atoms with Crippen LogP contribution in [0, 0.1) is 13.8 Å². The Labute approximate surface area is 163 Å². The fourth-order valence-electron chi connectivity index (χ4n) is 3.23. The van der Waals surface area contributed by atoms with Crippen molar-refractivity contribution in [3.05, 3.63) is 88.5 Å². The number of imidazole rings is 1. The molecule has 0 unspecified atom stereocenters. The van der Waals surface area contributed by atoms with Crippen molar-refractivity contribution >= 4 is 28.3 Å². The summed E-state index contributed by atoms with van der Waals surface area (Å²) < 4.78 is 2.18. The zero-order valence-electron chi connectivity index (χ0n) is 15.4. The molecular formula is C22H21ClN4. The highest BCUT2D eigenvalue weighted by molar-refractivity contribution is 6.30. The molecule has 2 aromatic carbocycles. The lowest BCUT2D eigenvalue weighted by Crippen LogP contribution is -2.05.